The van der Waals surface area contributed by atoms with Crippen molar-refractivity contribution < 1.29 is 14.3 Å². The van der Waals surface area contributed by atoms with Crippen LogP contribution in [0.5, 0.6) is 11.5 Å². The number of amides is 2. The second kappa shape index (κ2) is 10.8. The van der Waals surface area contributed by atoms with E-state index in [1.807, 2.05) is 35.2 Å². The standard InChI is InChI=1S/C29H30N4O4S/c1-18-13-19(2)15-32(14-18)24(34)16-33-17-30-28-25(29(33)36)20(3)26(38-28)27(35)31-21-9-11-23(12-10-21)37-22-7-5-4-6-8-22/h4-12,17-19H,13-16H2,1-3H3,(H,31,35). The molecule has 1 fully saturated rings. The summed E-state index contributed by atoms with van der Waals surface area (Å²) in [6.07, 6.45) is 2.50. The molecule has 0 bridgehead atoms. The molecule has 0 spiro atoms. The van der Waals surface area contributed by atoms with Crippen molar-refractivity contribution in [3.63, 3.8) is 0 Å². The summed E-state index contributed by atoms with van der Waals surface area (Å²) in [5, 5.41) is 3.26. The number of hydrogen-bond donors (Lipinski definition) is 1. The summed E-state index contributed by atoms with van der Waals surface area (Å²) < 4.78 is 7.15. The number of likely N-dealkylation sites (tertiary alicyclic amines) is 1. The highest BCUT2D eigenvalue weighted by Gasteiger charge is 2.26. The van der Waals surface area contributed by atoms with E-state index in [0.29, 0.717) is 57.0 Å². The zero-order valence-electron chi connectivity index (χ0n) is 21.6. The van der Waals surface area contributed by atoms with E-state index >= 15 is 0 Å². The lowest BCUT2D eigenvalue weighted by Crippen LogP contribution is -2.44. The first-order valence-electron chi connectivity index (χ1n) is 12.7. The summed E-state index contributed by atoms with van der Waals surface area (Å²) in [6, 6.07) is 16.5. The van der Waals surface area contributed by atoms with E-state index in [-0.39, 0.29) is 23.9 Å². The minimum atomic E-state index is -0.319. The number of carbonyl (C=O) groups is 2. The molecule has 0 saturated carbocycles. The molecule has 8 nitrogen and oxygen atoms in total. The van der Waals surface area contributed by atoms with Crippen LogP contribution in [0.4, 0.5) is 5.69 Å². The van der Waals surface area contributed by atoms with Crippen LogP contribution in [0.2, 0.25) is 0 Å². The van der Waals surface area contributed by atoms with Crippen molar-refractivity contribution in [2.24, 2.45) is 11.8 Å². The molecule has 2 aromatic carbocycles. The van der Waals surface area contributed by atoms with Gasteiger partial charge in [-0.05, 0) is 67.1 Å². The quantitative estimate of drug-likeness (QED) is 0.364. The van der Waals surface area contributed by atoms with Gasteiger partial charge in [0.15, 0.2) is 0 Å². The number of ether oxygens (including phenoxy) is 1. The molecule has 1 aliphatic heterocycles. The molecule has 9 heteroatoms. The first-order chi connectivity index (χ1) is 18.3. The predicted molar refractivity (Wildman–Crippen MR) is 149 cm³/mol. The highest BCUT2D eigenvalue weighted by Crippen LogP contribution is 2.29. The predicted octanol–water partition coefficient (Wildman–Crippen LogP) is 5.32. The van der Waals surface area contributed by atoms with Crippen molar-refractivity contribution in [1.29, 1.82) is 0 Å². The summed E-state index contributed by atoms with van der Waals surface area (Å²) in [6.45, 7) is 7.38. The van der Waals surface area contributed by atoms with Gasteiger partial charge in [-0.2, -0.15) is 0 Å². The molecule has 196 valence electrons. The van der Waals surface area contributed by atoms with Gasteiger partial charge < -0.3 is 15.0 Å². The molecule has 0 radical (unpaired) electrons. The highest BCUT2D eigenvalue weighted by molar-refractivity contribution is 7.20. The Balaban J connectivity index is 1.31. The Morgan fingerprint density at radius 3 is 2.37 bits per heavy atom. The third-order valence-corrected chi connectivity index (χ3v) is 7.94. The SMILES string of the molecule is Cc1c(C(=O)Nc2ccc(Oc3ccccc3)cc2)sc2ncn(CC(=O)N3CC(C)CC(C)C3)c(=O)c12. The van der Waals surface area contributed by atoms with Crippen LogP contribution in [-0.2, 0) is 11.3 Å². The second-order valence-corrected chi connectivity index (χ2v) is 11.1. The van der Waals surface area contributed by atoms with Crippen LogP contribution in [0.3, 0.4) is 0 Å². The lowest BCUT2D eigenvalue weighted by molar-refractivity contribution is -0.134. The van der Waals surface area contributed by atoms with E-state index in [0.717, 1.165) is 12.2 Å². The maximum absolute atomic E-state index is 13.3. The Morgan fingerprint density at radius 1 is 1.03 bits per heavy atom. The Morgan fingerprint density at radius 2 is 1.68 bits per heavy atom. The molecular weight excluding hydrogens is 500 g/mol. The van der Waals surface area contributed by atoms with Crippen LogP contribution >= 0.6 is 11.3 Å². The van der Waals surface area contributed by atoms with Crippen LogP contribution in [0.1, 0.15) is 35.5 Å². The van der Waals surface area contributed by atoms with E-state index in [1.54, 1.807) is 31.2 Å². The number of fused-ring (bicyclic) bond motifs is 1. The van der Waals surface area contributed by atoms with E-state index in [4.69, 9.17) is 4.74 Å². The van der Waals surface area contributed by atoms with Crippen LogP contribution in [-0.4, -0.2) is 39.4 Å². The van der Waals surface area contributed by atoms with Gasteiger partial charge in [0.05, 0.1) is 16.6 Å². The Hall–Kier alpha value is -3.98. The van der Waals surface area contributed by atoms with Crippen molar-refractivity contribution in [3.05, 3.63) is 81.7 Å². The number of rotatable bonds is 6. The maximum Gasteiger partial charge on any atom is 0.266 e. The summed E-state index contributed by atoms with van der Waals surface area (Å²) in [4.78, 5) is 46.5. The topological polar surface area (TPSA) is 93.5 Å². The number of benzene rings is 2. The van der Waals surface area contributed by atoms with Crippen LogP contribution in [0.15, 0.2) is 65.7 Å². The average Bonchev–Trinajstić information content (AvgIpc) is 3.24. The lowest BCUT2D eigenvalue weighted by atomic mass is 9.92. The van der Waals surface area contributed by atoms with E-state index in [9.17, 15) is 14.4 Å². The molecule has 2 unspecified atom stereocenters. The number of carbonyl (C=O) groups excluding carboxylic acids is 2. The molecule has 0 aliphatic carbocycles. The van der Waals surface area contributed by atoms with Crippen molar-refractivity contribution >= 4 is 39.1 Å². The Labute approximate surface area is 224 Å². The lowest BCUT2D eigenvalue weighted by Gasteiger charge is -2.35. The fraction of sp³-hybridized carbons (Fsp3) is 0.310. The zero-order valence-corrected chi connectivity index (χ0v) is 22.5. The normalized spacial score (nSPS) is 17.4. The number of hydrogen-bond acceptors (Lipinski definition) is 6. The third kappa shape index (κ3) is 5.47. The molecule has 38 heavy (non-hydrogen) atoms. The van der Waals surface area contributed by atoms with Gasteiger partial charge in [0, 0.05) is 18.8 Å². The van der Waals surface area contributed by atoms with Gasteiger partial charge in [0.1, 0.15) is 22.9 Å². The monoisotopic (exact) mass is 530 g/mol. The first kappa shape index (κ1) is 25.7. The Bertz CT molecular complexity index is 1520. The molecule has 1 aliphatic rings. The number of aromatic nitrogens is 2. The molecule has 3 heterocycles. The number of thiophene rings is 1. The number of nitrogens with one attached hydrogen (secondary N) is 1. The van der Waals surface area contributed by atoms with Gasteiger partial charge in [0.25, 0.3) is 11.5 Å². The molecule has 1 saturated heterocycles. The van der Waals surface area contributed by atoms with E-state index in [2.05, 4.69) is 24.1 Å². The molecule has 5 rings (SSSR count). The smallest absolute Gasteiger partial charge is 0.266 e. The number of piperidine rings is 1. The number of aryl methyl sites for hydroxylation is 1. The minimum absolute atomic E-state index is 0.0601. The zero-order chi connectivity index (χ0) is 26.8. The first-order valence-corrected chi connectivity index (χ1v) is 13.5. The fourth-order valence-corrected chi connectivity index (χ4v) is 6.05. The van der Waals surface area contributed by atoms with Crippen LogP contribution in [0, 0.1) is 18.8 Å². The van der Waals surface area contributed by atoms with Crippen LogP contribution in [0.25, 0.3) is 10.2 Å². The van der Waals surface area contributed by atoms with Gasteiger partial charge in [0.2, 0.25) is 5.91 Å². The van der Waals surface area contributed by atoms with Crippen molar-refractivity contribution in [3.8, 4) is 11.5 Å². The largest absolute Gasteiger partial charge is 0.457 e. The number of nitrogens with zero attached hydrogens (tertiary/aromatic N) is 3. The molecule has 1 N–H and O–H groups in total. The molecule has 2 atom stereocenters. The minimum Gasteiger partial charge on any atom is -0.457 e. The Kier molecular flexibility index (Phi) is 7.28. The van der Waals surface area contributed by atoms with Gasteiger partial charge in [-0.15, -0.1) is 11.3 Å². The van der Waals surface area contributed by atoms with E-state index < -0.39 is 0 Å². The molecule has 2 aromatic heterocycles. The summed E-state index contributed by atoms with van der Waals surface area (Å²) in [7, 11) is 0. The second-order valence-electron chi connectivity index (χ2n) is 10.1. The molecule has 4 aromatic rings. The van der Waals surface area contributed by atoms with E-state index in [1.165, 1.54) is 22.2 Å². The third-order valence-electron chi connectivity index (χ3n) is 6.74. The van der Waals surface area contributed by atoms with Gasteiger partial charge in [-0.25, -0.2) is 4.98 Å². The molecular formula is C29H30N4O4S. The molecule has 2 amide bonds. The van der Waals surface area contributed by atoms with Crippen LogP contribution < -0.4 is 15.6 Å². The van der Waals surface area contributed by atoms with Gasteiger partial charge >= 0.3 is 0 Å². The number of anilines is 1. The fourth-order valence-electron chi connectivity index (χ4n) is 5.02. The summed E-state index contributed by atoms with van der Waals surface area (Å²) in [5.41, 5.74) is 0.857. The van der Waals surface area contributed by atoms with Crippen molar-refractivity contribution in [1.82, 2.24) is 14.5 Å². The maximum atomic E-state index is 13.3. The average molecular weight is 531 g/mol. The van der Waals surface area contributed by atoms with Crippen molar-refractivity contribution in [2.45, 2.75) is 33.7 Å². The van der Waals surface area contributed by atoms with Gasteiger partial charge in [-0.1, -0.05) is 32.0 Å². The van der Waals surface area contributed by atoms with Crippen molar-refractivity contribution in [2.75, 3.05) is 18.4 Å². The highest BCUT2D eigenvalue weighted by atomic mass is 32.1. The summed E-state index contributed by atoms with van der Waals surface area (Å²) in [5.74, 6) is 1.85. The van der Waals surface area contributed by atoms with Gasteiger partial charge in [-0.3, -0.25) is 19.0 Å². The summed E-state index contributed by atoms with van der Waals surface area (Å²) >= 11 is 1.17. The number of para-hydroxylation sites is 1.